The fourth-order valence-electron chi connectivity index (χ4n) is 5.75. The van der Waals surface area contributed by atoms with Crippen LogP contribution in [0.4, 0.5) is 5.69 Å². The molecule has 2 aromatic heterocycles. The highest BCUT2D eigenvalue weighted by atomic mass is 32.1. The summed E-state index contributed by atoms with van der Waals surface area (Å²) in [4.78, 5) is 18.4. The molecule has 5 aromatic rings. The first kappa shape index (κ1) is 20.7. The molecule has 0 saturated carbocycles. The van der Waals surface area contributed by atoms with Gasteiger partial charge in [0.2, 0.25) is 0 Å². The van der Waals surface area contributed by atoms with Gasteiger partial charge in [-0.05, 0) is 52.1 Å². The molecule has 172 valence electrons. The van der Waals surface area contributed by atoms with Gasteiger partial charge in [0, 0.05) is 17.8 Å². The number of thiazole rings is 1. The highest BCUT2D eigenvalue weighted by Gasteiger charge is 2.45. The van der Waals surface area contributed by atoms with E-state index in [1.165, 1.54) is 0 Å². The number of nitrogens with one attached hydrogen (secondary N) is 1. The van der Waals surface area contributed by atoms with Crippen LogP contribution in [0.3, 0.4) is 0 Å². The highest BCUT2D eigenvalue weighted by Crippen LogP contribution is 2.52. The lowest BCUT2D eigenvalue weighted by Crippen LogP contribution is -2.38. The smallest absolute Gasteiger partial charge is 0.162 e. The molecule has 0 saturated heterocycles. The molecule has 5 heteroatoms. The van der Waals surface area contributed by atoms with Crippen LogP contribution in [0.5, 0.6) is 0 Å². The van der Waals surface area contributed by atoms with Crippen molar-refractivity contribution in [3.63, 3.8) is 0 Å². The van der Waals surface area contributed by atoms with Crippen LogP contribution in [0.25, 0.3) is 31.8 Å². The van der Waals surface area contributed by atoms with Gasteiger partial charge in [-0.2, -0.15) is 0 Å². The van der Waals surface area contributed by atoms with Crippen LogP contribution in [-0.4, -0.2) is 10.8 Å². The Kier molecular flexibility index (Phi) is 4.37. The number of rotatable bonds is 2. The molecular weight excluding hydrogens is 452 g/mol. The number of benzene rings is 3. The summed E-state index contributed by atoms with van der Waals surface area (Å²) in [5, 5.41) is 6.79. The monoisotopic (exact) mass is 476 g/mol. The Morgan fingerprint density at radius 2 is 1.80 bits per heavy atom. The zero-order chi connectivity index (χ0) is 23.7. The number of fused-ring (bicyclic) bond motifs is 5. The Labute approximate surface area is 207 Å². The predicted octanol–water partition coefficient (Wildman–Crippen LogP) is 7.77. The summed E-state index contributed by atoms with van der Waals surface area (Å²) in [5.41, 5.74) is 3.95. The van der Waals surface area contributed by atoms with Crippen molar-refractivity contribution in [1.29, 1.82) is 0 Å². The fourth-order valence-corrected chi connectivity index (χ4v) is 6.68. The van der Waals surface area contributed by atoms with Crippen molar-refractivity contribution in [3.8, 4) is 10.8 Å². The van der Waals surface area contributed by atoms with E-state index in [9.17, 15) is 4.79 Å². The number of hydrogen-bond donors (Lipinski definition) is 1. The quantitative estimate of drug-likeness (QED) is 0.283. The van der Waals surface area contributed by atoms with Crippen LogP contribution in [0.1, 0.15) is 37.5 Å². The van der Waals surface area contributed by atoms with Gasteiger partial charge in [0.25, 0.3) is 0 Å². The molecular formula is C30H24N2O2S. The molecule has 2 aliphatic rings. The number of nitrogens with zero attached hydrogens (tertiary/aromatic N) is 1. The number of allylic oxidation sites excluding steroid dienone is 2. The maximum Gasteiger partial charge on any atom is 0.162 e. The lowest BCUT2D eigenvalue weighted by atomic mass is 9.67. The van der Waals surface area contributed by atoms with E-state index in [-0.39, 0.29) is 23.0 Å². The van der Waals surface area contributed by atoms with Crippen LogP contribution in [0.15, 0.2) is 89.0 Å². The zero-order valence-corrected chi connectivity index (χ0v) is 20.4. The van der Waals surface area contributed by atoms with E-state index in [1.807, 2.05) is 30.3 Å². The van der Waals surface area contributed by atoms with Gasteiger partial charge in [-0.3, -0.25) is 4.79 Å². The van der Waals surface area contributed by atoms with Crippen LogP contribution in [-0.2, 0) is 4.79 Å². The van der Waals surface area contributed by atoms with Crippen molar-refractivity contribution >= 4 is 43.8 Å². The number of carbonyl (C=O) groups excluding carboxylic acids is 1. The summed E-state index contributed by atoms with van der Waals surface area (Å²) in [5.74, 6) is 1.31. The Morgan fingerprint density at radius 3 is 2.69 bits per heavy atom. The van der Waals surface area contributed by atoms with Crippen molar-refractivity contribution in [2.24, 2.45) is 11.3 Å². The van der Waals surface area contributed by atoms with Gasteiger partial charge in [-0.1, -0.05) is 62.4 Å². The molecule has 1 N–H and O–H groups in total. The Bertz CT molecular complexity index is 1640. The van der Waals surface area contributed by atoms with Crippen LogP contribution >= 0.6 is 11.3 Å². The Morgan fingerprint density at radius 1 is 0.971 bits per heavy atom. The largest absolute Gasteiger partial charge is 0.458 e. The minimum absolute atomic E-state index is 0.176. The molecule has 1 aliphatic carbocycles. The summed E-state index contributed by atoms with van der Waals surface area (Å²) in [7, 11) is 0. The molecule has 3 heterocycles. The van der Waals surface area contributed by atoms with Gasteiger partial charge in [0.15, 0.2) is 10.8 Å². The molecule has 0 radical (unpaired) electrons. The normalized spacial score (nSPS) is 20.9. The van der Waals surface area contributed by atoms with Gasteiger partial charge in [0.05, 0.1) is 22.1 Å². The summed E-state index contributed by atoms with van der Waals surface area (Å²) in [6.45, 7) is 4.25. The van der Waals surface area contributed by atoms with E-state index in [0.29, 0.717) is 6.42 Å². The van der Waals surface area contributed by atoms with E-state index in [2.05, 4.69) is 67.7 Å². The second-order valence-electron chi connectivity index (χ2n) is 10.2. The second kappa shape index (κ2) is 7.40. The van der Waals surface area contributed by atoms with Gasteiger partial charge < -0.3 is 9.73 Å². The summed E-state index contributed by atoms with van der Waals surface area (Å²) in [6.07, 6.45) is 2.76. The molecule has 4 nitrogen and oxygen atoms in total. The third-order valence-electron chi connectivity index (χ3n) is 7.19. The second-order valence-corrected chi connectivity index (χ2v) is 11.3. The van der Waals surface area contributed by atoms with E-state index in [4.69, 9.17) is 9.40 Å². The van der Waals surface area contributed by atoms with E-state index >= 15 is 0 Å². The Balaban J connectivity index is 1.43. The molecule has 3 aromatic carbocycles. The number of carbonyl (C=O) groups is 1. The van der Waals surface area contributed by atoms with Crippen molar-refractivity contribution < 1.29 is 9.21 Å². The number of aromatic nitrogens is 1. The number of ketones is 1. The standard InChI is InChI=1S/C30H24N2O2S/c1-30(2)15-21-27(22(33)16-30)28(26-18-8-4-3-7-17(18)11-12-20(26)31-21)23-13-14-24(34-23)29-32-19-9-5-6-10-25(19)35-29/h3-15,27-28,31H,16H2,1-2H3/t27-,28+/m1/s1. The van der Waals surface area contributed by atoms with Gasteiger partial charge in [0.1, 0.15) is 11.5 Å². The Hall–Kier alpha value is -3.70. The number of Topliss-reactive ketones (excluding diaryl/α,β-unsaturated/α-hetero) is 1. The zero-order valence-electron chi connectivity index (χ0n) is 19.5. The van der Waals surface area contributed by atoms with Crippen LogP contribution in [0, 0.1) is 11.3 Å². The summed E-state index contributed by atoms with van der Waals surface area (Å²) < 4.78 is 7.67. The lowest BCUT2D eigenvalue weighted by Gasteiger charge is -2.41. The average Bonchev–Trinajstić information content (AvgIpc) is 3.49. The van der Waals surface area contributed by atoms with Crippen molar-refractivity contribution in [1.82, 2.24) is 4.98 Å². The third-order valence-corrected chi connectivity index (χ3v) is 8.24. The van der Waals surface area contributed by atoms with Crippen molar-refractivity contribution in [2.45, 2.75) is 26.2 Å². The third kappa shape index (κ3) is 3.26. The van der Waals surface area contributed by atoms with Crippen molar-refractivity contribution in [2.75, 3.05) is 5.32 Å². The number of furan rings is 1. The number of anilines is 1. The molecule has 7 rings (SSSR count). The van der Waals surface area contributed by atoms with Crippen LogP contribution in [0.2, 0.25) is 0 Å². The summed E-state index contributed by atoms with van der Waals surface area (Å²) in [6, 6.07) is 24.8. The molecule has 0 amide bonds. The minimum Gasteiger partial charge on any atom is -0.458 e. The van der Waals surface area contributed by atoms with Crippen molar-refractivity contribution in [3.05, 3.63) is 95.9 Å². The van der Waals surface area contributed by atoms with E-state index < -0.39 is 0 Å². The van der Waals surface area contributed by atoms with Crippen LogP contribution < -0.4 is 5.32 Å². The molecule has 1 aliphatic heterocycles. The topological polar surface area (TPSA) is 55.1 Å². The molecule has 0 spiro atoms. The van der Waals surface area contributed by atoms with E-state index in [0.717, 1.165) is 54.5 Å². The average molecular weight is 477 g/mol. The predicted molar refractivity (Wildman–Crippen MR) is 142 cm³/mol. The first-order valence-electron chi connectivity index (χ1n) is 12.0. The molecule has 2 atom stereocenters. The van der Waals surface area contributed by atoms with E-state index in [1.54, 1.807) is 11.3 Å². The van der Waals surface area contributed by atoms with Gasteiger partial charge in [-0.15, -0.1) is 11.3 Å². The lowest BCUT2D eigenvalue weighted by molar-refractivity contribution is -0.124. The highest BCUT2D eigenvalue weighted by molar-refractivity contribution is 7.21. The maximum atomic E-state index is 13.6. The number of para-hydroxylation sites is 1. The first-order chi connectivity index (χ1) is 17.0. The van der Waals surface area contributed by atoms with Gasteiger partial charge >= 0.3 is 0 Å². The summed E-state index contributed by atoms with van der Waals surface area (Å²) >= 11 is 1.63. The fraction of sp³-hybridized carbons (Fsp3) is 0.200. The number of hydrogen-bond acceptors (Lipinski definition) is 5. The SMILES string of the molecule is CC1(C)C=C2Nc3ccc4ccccc4c3[C@H](c3ccc(-c4nc5ccccc5s4)o3)[C@H]2C(=O)C1. The molecule has 0 unspecified atom stereocenters. The first-order valence-corrected chi connectivity index (χ1v) is 12.8. The molecule has 35 heavy (non-hydrogen) atoms. The van der Waals surface area contributed by atoms with Gasteiger partial charge in [-0.25, -0.2) is 4.98 Å². The molecule has 0 bridgehead atoms. The minimum atomic E-state index is -0.296. The maximum absolute atomic E-state index is 13.6. The molecule has 0 fully saturated rings.